The molecule has 1 aliphatic heterocycles. The SMILES string of the molecule is CCOC(=O)C1=C(C)N=c2s/c(=C\c3ccccc3Cl)c(=O)n2C1c1cccc(OC)c1. The van der Waals surface area contributed by atoms with Gasteiger partial charge in [-0.15, -0.1) is 0 Å². The number of aromatic nitrogens is 1. The summed E-state index contributed by atoms with van der Waals surface area (Å²) in [6, 6.07) is 13.9. The van der Waals surface area contributed by atoms with Crippen molar-refractivity contribution in [3.05, 3.63) is 95.6 Å². The molecule has 0 saturated carbocycles. The Morgan fingerprint density at radius 3 is 2.75 bits per heavy atom. The molecule has 1 aromatic heterocycles. The zero-order valence-corrected chi connectivity index (χ0v) is 19.4. The van der Waals surface area contributed by atoms with Crippen LogP contribution in [0.3, 0.4) is 0 Å². The summed E-state index contributed by atoms with van der Waals surface area (Å²) < 4.78 is 12.7. The van der Waals surface area contributed by atoms with E-state index in [0.29, 0.717) is 31.4 Å². The number of fused-ring (bicyclic) bond motifs is 1. The number of nitrogens with zero attached hydrogens (tertiary/aromatic N) is 2. The van der Waals surface area contributed by atoms with Crippen LogP contribution in [0, 0.1) is 0 Å². The molecule has 0 aliphatic carbocycles. The summed E-state index contributed by atoms with van der Waals surface area (Å²) in [5, 5.41) is 0.547. The predicted molar refractivity (Wildman–Crippen MR) is 125 cm³/mol. The summed E-state index contributed by atoms with van der Waals surface area (Å²) in [7, 11) is 1.57. The van der Waals surface area contributed by atoms with Crippen LogP contribution in [0.4, 0.5) is 0 Å². The van der Waals surface area contributed by atoms with Crippen LogP contribution in [-0.2, 0) is 9.53 Å². The Balaban J connectivity index is 1.98. The molecular weight excluding hydrogens is 448 g/mol. The van der Waals surface area contributed by atoms with Crippen molar-refractivity contribution < 1.29 is 14.3 Å². The highest BCUT2D eigenvalue weighted by molar-refractivity contribution is 7.07. The number of ether oxygens (including phenoxy) is 2. The van der Waals surface area contributed by atoms with E-state index in [9.17, 15) is 9.59 Å². The molecule has 2 heterocycles. The molecule has 0 radical (unpaired) electrons. The van der Waals surface area contributed by atoms with E-state index in [0.717, 1.165) is 11.1 Å². The number of rotatable bonds is 5. The summed E-state index contributed by atoms with van der Waals surface area (Å²) in [4.78, 5) is 31.5. The van der Waals surface area contributed by atoms with Crippen LogP contribution in [0.25, 0.3) is 6.08 Å². The Bertz CT molecular complexity index is 1400. The van der Waals surface area contributed by atoms with Crippen LogP contribution in [0.15, 0.2) is 69.6 Å². The number of hydrogen-bond donors (Lipinski definition) is 0. The second-order valence-corrected chi connectivity index (χ2v) is 8.52. The van der Waals surface area contributed by atoms with Crippen molar-refractivity contribution in [2.45, 2.75) is 19.9 Å². The van der Waals surface area contributed by atoms with Crippen LogP contribution >= 0.6 is 22.9 Å². The summed E-state index contributed by atoms with van der Waals surface area (Å²) >= 11 is 7.55. The monoisotopic (exact) mass is 468 g/mol. The molecular formula is C24H21ClN2O4S. The Morgan fingerprint density at radius 1 is 1.25 bits per heavy atom. The fraction of sp³-hybridized carbons (Fsp3) is 0.208. The van der Waals surface area contributed by atoms with Crippen molar-refractivity contribution >= 4 is 35.0 Å². The molecule has 164 valence electrons. The third-order valence-corrected chi connectivity index (χ3v) is 6.45. The zero-order valence-electron chi connectivity index (χ0n) is 17.8. The van der Waals surface area contributed by atoms with Crippen LogP contribution in [-0.4, -0.2) is 24.3 Å². The van der Waals surface area contributed by atoms with Gasteiger partial charge in [0.1, 0.15) is 5.75 Å². The van der Waals surface area contributed by atoms with Gasteiger partial charge in [-0.1, -0.05) is 53.3 Å². The zero-order chi connectivity index (χ0) is 22.8. The van der Waals surface area contributed by atoms with E-state index < -0.39 is 12.0 Å². The van der Waals surface area contributed by atoms with Crippen LogP contribution in [0.1, 0.15) is 31.0 Å². The number of thiazole rings is 1. The second-order valence-electron chi connectivity index (χ2n) is 7.10. The number of carbonyl (C=O) groups excluding carboxylic acids is 1. The third kappa shape index (κ3) is 4.01. The smallest absolute Gasteiger partial charge is 0.338 e. The lowest BCUT2D eigenvalue weighted by atomic mass is 9.95. The number of allylic oxidation sites excluding steroid dienone is 1. The lowest BCUT2D eigenvalue weighted by Crippen LogP contribution is -2.39. The minimum atomic E-state index is -0.686. The van der Waals surface area contributed by atoms with Gasteiger partial charge in [-0.25, -0.2) is 9.79 Å². The molecule has 6 nitrogen and oxygen atoms in total. The van der Waals surface area contributed by atoms with E-state index in [4.69, 9.17) is 21.1 Å². The number of halogens is 1. The number of benzene rings is 2. The Hall–Kier alpha value is -3.16. The fourth-order valence-corrected chi connectivity index (χ4v) is 4.88. The standard InChI is InChI=1S/C24H21ClN2O4S/c1-4-31-23(29)20-14(2)26-24-27(21(20)16-9-7-10-17(12-16)30-3)22(28)19(32-24)13-15-8-5-6-11-18(15)25/h5-13,21H,4H2,1-3H3/b19-13-. The summed E-state index contributed by atoms with van der Waals surface area (Å²) in [6.07, 6.45) is 1.75. The maximum absolute atomic E-state index is 13.5. The van der Waals surface area contributed by atoms with Gasteiger partial charge in [0.25, 0.3) is 5.56 Å². The number of carbonyl (C=O) groups is 1. The highest BCUT2D eigenvalue weighted by Crippen LogP contribution is 2.32. The molecule has 0 N–H and O–H groups in total. The Kier molecular flexibility index (Phi) is 6.30. The van der Waals surface area contributed by atoms with Crippen LogP contribution < -0.4 is 19.6 Å². The highest BCUT2D eigenvalue weighted by Gasteiger charge is 2.33. The molecule has 0 bridgehead atoms. The number of hydrogen-bond acceptors (Lipinski definition) is 6. The summed E-state index contributed by atoms with van der Waals surface area (Å²) in [5.41, 5.74) is 2.06. The molecule has 32 heavy (non-hydrogen) atoms. The molecule has 1 aliphatic rings. The average molecular weight is 469 g/mol. The van der Waals surface area contributed by atoms with Crippen molar-refractivity contribution in [1.82, 2.24) is 4.57 Å². The molecule has 0 fully saturated rings. The molecule has 1 atom stereocenters. The van der Waals surface area contributed by atoms with Gasteiger partial charge >= 0.3 is 5.97 Å². The largest absolute Gasteiger partial charge is 0.497 e. The van der Waals surface area contributed by atoms with E-state index in [-0.39, 0.29) is 12.2 Å². The molecule has 2 aromatic carbocycles. The predicted octanol–water partition coefficient (Wildman–Crippen LogP) is 3.46. The van der Waals surface area contributed by atoms with Crippen LogP contribution in [0.5, 0.6) is 5.75 Å². The van der Waals surface area contributed by atoms with Gasteiger partial charge in [0.15, 0.2) is 4.80 Å². The molecule has 4 rings (SSSR count). The third-order valence-electron chi connectivity index (χ3n) is 5.12. The molecule has 8 heteroatoms. The minimum absolute atomic E-state index is 0.220. The normalized spacial score (nSPS) is 15.9. The van der Waals surface area contributed by atoms with Crippen molar-refractivity contribution in [3.63, 3.8) is 0 Å². The highest BCUT2D eigenvalue weighted by atomic mass is 35.5. The van der Waals surface area contributed by atoms with E-state index in [2.05, 4.69) is 4.99 Å². The van der Waals surface area contributed by atoms with Crippen molar-refractivity contribution in [2.24, 2.45) is 4.99 Å². The minimum Gasteiger partial charge on any atom is -0.497 e. The van der Waals surface area contributed by atoms with Crippen LogP contribution in [0.2, 0.25) is 5.02 Å². The van der Waals surface area contributed by atoms with Gasteiger partial charge in [-0.2, -0.15) is 0 Å². The summed E-state index contributed by atoms with van der Waals surface area (Å²) in [6.45, 7) is 3.72. The van der Waals surface area contributed by atoms with Crippen molar-refractivity contribution in [1.29, 1.82) is 0 Å². The fourth-order valence-electron chi connectivity index (χ4n) is 3.65. The van der Waals surface area contributed by atoms with E-state index in [1.807, 2.05) is 42.5 Å². The lowest BCUT2D eigenvalue weighted by Gasteiger charge is -2.25. The number of esters is 1. The topological polar surface area (TPSA) is 69.9 Å². The first-order valence-electron chi connectivity index (χ1n) is 10.0. The first-order valence-corrected chi connectivity index (χ1v) is 11.2. The molecule has 3 aromatic rings. The maximum atomic E-state index is 13.5. The molecule has 0 saturated heterocycles. The average Bonchev–Trinajstić information content (AvgIpc) is 3.09. The van der Waals surface area contributed by atoms with Gasteiger partial charge in [0.2, 0.25) is 0 Å². The molecule has 0 amide bonds. The quantitative estimate of drug-likeness (QED) is 0.538. The van der Waals surface area contributed by atoms with Gasteiger partial charge in [0, 0.05) is 5.02 Å². The van der Waals surface area contributed by atoms with E-state index in [1.54, 1.807) is 37.7 Å². The molecule has 0 spiro atoms. The van der Waals surface area contributed by atoms with Gasteiger partial charge < -0.3 is 9.47 Å². The van der Waals surface area contributed by atoms with Gasteiger partial charge in [-0.3, -0.25) is 9.36 Å². The lowest BCUT2D eigenvalue weighted by molar-refractivity contribution is -0.139. The Labute approximate surface area is 193 Å². The first-order chi connectivity index (χ1) is 15.4. The van der Waals surface area contributed by atoms with E-state index in [1.165, 1.54) is 11.3 Å². The van der Waals surface area contributed by atoms with Crippen molar-refractivity contribution in [3.8, 4) is 5.75 Å². The van der Waals surface area contributed by atoms with E-state index >= 15 is 0 Å². The Morgan fingerprint density at radius 2 is 2.03 bits per heavy atom. The molecule has 1 unspecified atom stereocenters. The van der Waals surface area contributed by atoms with Gasteiger partial charge in [0.05, 0.1) is 35.6 Å². The second kappa shape index (κ2) is 9.14. The maximum Gasteiger partial charge on any atom is 0.338 e. The van der Waals surface area contributed by atoms with Crippen molar-refractivity contribution in [2.75, 3.05) is 13.7 Å². The number of methoxy groups -OCH3 is 1. The summed E-state index contributed by atoms with van der Waals surface area (Å²) in [5.74, 6) is 0.125. The van der Waals surface area contributed by atoms with Gasteiger partial charge in [-0.05, 0) is 49.2 Å². The first kappa shape index (κ1) is 22.0.